The largest absolute Gasteiger partial charge is 0.488 e. The Balaban J connectivity index is 2.77. The Hall–Kier alpha value is -0.760. The molecule has 1 radical (unpaired) electrons. The van der Waals surface area contributed by atoms with Crippen LogP contribution in [-0.2, 0) is 0 Å². The maximum absolute atomic E-state index is 5.62. The summed E-state index contributed by atoms with van der Waals surface area (Å²) < 4.78 is 5.62. The lowest BCUT2D eigenvalue weighted by molar-refractivity contribution is 0.130. The van der Waals surface area contributed by atoms with Crippen LogP contribution in [0.5, 0.6) is 5.75 Å². The first-order valence-electron chi connectivity index (χ1n) is 3.93. The van der Waals surface area contributed by atoms with Gasteiger partial charge in [-0.1, -0.05) is 18.7 Å². The number of hydrogen-bond acceptors (Lipinski definition) is 1. The Bertz CT molecular complexity index is 263. The van der Waals surface area contributed by atoms with Gasteiger partial charge in [-0.2, -0.15) is 0 Å². The second-order valence-electron chi connectivity index (χ2n) is 3.69. The molecule has 0 aromatic heterocycles. The molecule has 0 aliphatic carbocycles. The molecule has 2 heteroatoms. The average molecular weight is 181 g/mol. The van der Waals surface area contributed by atoms with E-state index in [2.05, 4.69) is 0 Å². The maximum Gasteiger partial charge on any atom is 0.121 e. The van der Waals surface area contributed by atoms with E-state index < -0.39 is 0 Å². The van der Waals surface area contributed by atoms with Gasteiger partial charge in [-0.15, -0.1) is 0 Å². The van der Waals surface area contributed by atoms with Gasteiger partial charge in [0.1, 0.15) is 11.4 Å². The van der Waals surface area contributed by atoms with Crippen LogP contribution < -0.4 is 4.74 Å². The highest BCUT2D eigenvalue weighted by molar-refractivity contribution is 7.80. The van der Waals surface area contributed by atoms with Crippen LogP contribution in [0, 0.1) is 0 Å². The van der Waals surface area contributed by atoms with Crippen molar-refractivity contribution in [3.63, 3.8) is 0 Å². The van der Waals surface area contributed by atoms with E-state index in [9.17, 15) is 0 Å². The van der Waals surface area contributed by atoms with Gasteiger partial charge >= 0.3 is 0 Å². The first-order chi connectivity index (χ1) is 5.47. The number of benzene rings is 1. The number of hydrogen-bond donors (Lipinski definition) is 0. The molecule has 65 valence electrons. The van der Waals surface area contributed by atoms with Crippen LogP contribution in [0.25, 0.3) is 0 Å². The monoisotopic (exact) mass is 181 g/mol. The van der Waals surface area contributed by atoms with Crippen molar-refractivity contribution in [2.75, 3.05) is 0 Å². The summed E-state index contributed by atoms with van der Waals surface area (Å²) in [5.41, 5.74) is -0.150. The fraction of sp³-hybridized carbons (Fsp3) is 0.400. The fourth-order valence-corrected chi connectivity index (χ4v) is 1.09. The minimum absolute atomic E-state index is 0.150. The van der Waals surface area contributed by atoms with Crippen LogP contribution in [0.1, 0.15) is 20.8 Å². The highest BCUT2D eigenvalue weighted by atomic mass is 32.1. The van der Waals surface area contributed by atoms with Crippen molar-refractivity contribution in [2.24, 2.45) is 0 Å². The van der Waals surface area contributed by atoms with E-state index in [4.69, 9.17) is 17.4 Å². The van der Waals surface area contributed by atoms with Crippen LogP contribution in [0.2, 0.25) is 0 Å². The molecule has 1 rings (SSSR count). The minimum atomic E-state index is -0.150. The van der Waals surface area contributed by atoms with Gasteiger partial charge in [0, 0.05) is 4.90 Å². The number of ether oxygens (including phenoxy) is 1. The highest BCUT2D eigenvalue weighted by Crippen LogP contribution is 2.20. The van der Waals surface area contributed by atoms with Gasteiger partial charge in [0.2, 0.25) is 0 Å². The molecule has 0 amide bonds. The van der Waals surface area contributed by atoms with Crippen molar-refractivity contribution < 1.29 is 4.74 Å². The Kier molecular flexibility index (Phi) is 2.58. The van der Waals surface area contributed by atoms with Crippen LogP contribution in [0.15, 0.2) is 29.2 Å². The molecule has 1 aromatic rings. The van der Waals surface area contributed by atoms with Gasteiger partial charge in [-0.05, 0) is 39.0 Å². The molecule has 1 aromatic carbocycles. The summed E-state index contributed by atoms with van der Waals surface area (Å²) in [6.07, 6.45) is 0. The second-order valence-corrected chi connectivity index (χ2v) is 4.16. The molecule has 0 saturated carbocycles. The quantitative estimate of drug-likeness (QED) is 0.645. The summed E-state index contributed by atoms with van der Waals surface area (Å²) >= 11 is 5.01. The Morgan fingerprint density at radius 1 is 1.25 bits per heavy atom. The topological polar surface area (TPSA) is 9.23 Å². The molecular formula is C10H13OS. The highest BCUT2D eigenvalue weighted by Gasteiger charge is 2.11. The van der Waals surface area contributed by atoms with Crippen molar-refractivity contribution in [3.05, 3.63) is 24.3 Å². The maximum atomic E-state index is 5.62. The summed E-state index contributed by atoms with van der Waals surface area (Å²) in [6, 6.07) is 7.57. The van der Waals surface area contributed by atoms with Crippen molar-refractivity contribution >= 4 is 12.6 Å². The third-order valence-electron chi connectivity index (χ3n) is 1.23. The molecule has 0 N–H and O–H groups in total. The molecule has 0 aliphatic heterocycles. The molecule has 0 fully saturated rings. The molecule has 1 nitrogen and oxygen atoms in total. The van der Waals surface area contributed by atoms with Gasteiger partial charge < -0.3 is 4.74 Å². The zero-order valence-corrected chi connectivity index (χ0v) is 8.44. The molecule has 12 heavy (non-hydrogen) atoms. The van der Waals surface area contributed by atoms with E-state index in [1.54, 1.807) is 0 Å². The Morgan fingerprint density at radius 3 is 2.42 bits per heavy atom. The molecule has 0 atom stereocenters. The van der Waals surface area contributed by atoms with Crippen LogP contribution in [-0.4, -0.2) is 5.60 Å². The van der Waals surface area contributed by atoms with E-state index in [0.29, 0.717) is 0 Å². The van der Waals surface area contributed by atoms with Crippen LogP contribution in [0.4, 0.5) is 0 Å². The zero-order valence-electron chi connectivity index (χ0n) is 7.63. The minimum Gasteiger partial charge on any atom is -0.488 e. The summed E-state index contributed by atoms with van der Waals surface area (Å²) in [5, 5.41) is 0. The first-order valence-corrected chi connectivity index (χ1v) is 4.34. The predicted octanol–water partition coefficient (Wildman–Crippen LogP) is 3.42. The smallest absolute Gasteiger partial charge is 0.121 e. The molecule has 0 unspecified atom stereocenters. The fourth-order valence-electron chi connectivity index (χ4n) is 0.891. The molecule has 0 aliphatic rings. The van der Waals surface area contributed by atoms with Crippen molar-refractivity contribution in [1.29, 1.82) is 0 Å². The Labute approximate surface area is 79.2 Å². The predicted molar refractivity (Wildman–Crippen MR) is 52.7 cm³/mol. The number of rotatable bonds is 1. The van der Waals surface area contributed by atoms with E-state index in [-0.39, 0.29) is 5.60 Å². The Morgan fingerprint density at radius 2 is 1.92 bits per heavy atom. The third kappa shape index (κ3) is 3.09. The standard InChI is InChI=1S/C10H13OS/c1-10(2,3)11-8-5-4-6-9(12)7-8/h4-7H,1-3H3. The van der Waals surface area contributed by atoms with Gasteiger partial charge in [0.05, 0.1) is 0 Å². The summed E-state index contributed by atoms with van der Waals surface area (Å²) in [6.45, 7) is 6.05. The van der Waals surface area contributed by atoms with Gasteiger partial charge in [-0.25, -0.2) is 0 Å². The van der Waals surface area contributed by atoms with Crippen molar-refractivity contribution in [3.8, 4) is 5.75 Å². The SMILES string of the molecule is CC(C)(C)Oc1cccc([S])c1. The van der Waals surface area contributed by atoms with Gasteiger partial charge in [-0.3, -0.25) is 0 Å². The van der Waals surface area contributed by atoms with Crippen LogP contribution >= 0.6 is 12.6 Å². The van der Waals surface area contributed by atoms with E-state index in [0.717, 1.165) is 10.6 Å². The molecule has 0 saturated heterocycles. The normalized spacial score (nSPS) is 11.2. The van der Waals surface area contributed by atoms with Crippen molar-refractivity contribution in [1.82, 2.24) is 0 Å². The van der Waals surface area contributed by atoms with E-state index >= 15 is 0 Å². The zero-order chi connectivity index (χ0) is 9.19. The third-order valence-corrected chi connectivity index (χ3v) is 1.48. The molecular weight excluding hydrogens is 168 g/mol. The molecule has 0 heterocycles. The first kappa shape index (κ1) is 9.33. The second kappa shape index (κ2) is 3.31. The van der Waals surface area contributed by atoms with Gasteiger partial charge in [0.25, 0.3) is 0 Å². The lowest BCUT2D eigenvalue weighted by Crippen LogP contribution is -2.22. The van der Waals surface area contributed by atoms with E-state index in [1.807, 2.05) is 45.0 Å². The van der Waals surface area contributed by atoms with E-state index in [1.165, 1.54) is 0 Å². The lowest BCUT2D eigenvalue weighted by atomic mass is 10.2. The lowest BCUT2D eigenvalue weighted by Gasteiger charge is -2.21. The van der Waals surface area contributed by atoms with Gasteiger partial charge in [0.15, 0.2) is 0 Å². The summed E-state index contributed by atoms with van der Waals surface area (Å²) in [5.74, 6) is 0.843. The van der Waals surface area contributed by atoms with Crippen LogP contribution in [0.3, 0.4) is 0 Å². The summed E-state index contributed by atoms with van der Waals surface area (Å²) in [4.78, 5) is 0.816. The average Bonchev–Trinajstić information content (AvgIpc) is 1.82. The molecule has 0 spiro atoms. The van der Waals surface area contributed by atoms with Crippen molar-refractivity contribution in [2.45, 2.75) is 31.3 Å². The summed E-state index contributed by atoms with van der Waals surface area (Å²) in [7, 11) is 0. The molecule has 0 bridgehead atoms.